The highest BCUT2D eigenvalue weighted by molar-refractivity contribution is 7.92. The van der Waals surface area contributed by atoms with Gasteiger partial charge in [0.25, 0.3) is 5.91 Å². The van der Waals surface area contributed by atoms with Gasteiger partial charge in [-0.3, -0.25) is 9.52 Å². The number of hydrogen-bond donors (Lipinski definition) is 2. The molecule has 2 aliphatic rings. The molecule has 41 heavy (non-hydrogen) atoms. The first-order valence-electron chi connectivity index (χ1n) is 13.6. The Bertz CT molecular complexity index is 1790. The van der Waals surface area contributed by atoms with E-state index >= 15 is 0 Å². The summed E-state index contributed by atoms with van der Waals surface area (Å²) in [5, 5.41) is 10.3. The van der Waals surface area contributed by atoms with Crippen LogP contribution >= 0.6 is 0 Å². The van der Waals surface area contributed by atoms with Crippen LogP contribution in [0.2, 0.25) is 0 Å². The SMILES string of the molecule is CS(=O)(=O)Nc1cc(C#N)cc(-c2c[nH]c3ncc(-c4ccc5c(c4)OCCN(CCN4CCCC4)C5=O)cc23)c1. The van der Waals surface area contributed by atoms with Crippen molar-refractivity contribution in [2.75, 3.05) is 50.3 Å². The fourth-order valence-corrected chi connectivity index (χ4v) is 6.08. The molecule has 10 nitrogen and oxygen atoms in total. The molecular weight excluding hydrogens is 540 g/mol. The number of benzene rings is 2. The van der Waals surface area contributed by atoms with Crippen molar-refractivity contribution in [2.24, 2.45) is 0 Å². The van der Waals surface area contributed by atoms with Gasteiger partial charge in [0.15, 0.2) is 0 Å². The normalized spacial score (nSPS) is 15.8. The van der Waals surface area contributed by atoms with Crippen LogP contribution in [0.1, 0.15) is 28.8 Å². The van der Waals surface area contributed by atoms with Gasteiger partial charge in [-0.05, 0) is 73.5 Å². The molecule has 210 valence electrons. The van der Waals surface area contributed by atoms with Crippen molar-refractivity contribution in [3.63, 3.8) is 0 Å². The number of nitrogens with one attached hydrogen (secondary N) is 2. The largest absolute Gasteiger partial charge is 0.491 e. The predicted octanol–water partition coefficient (Wildman–Crippen LogP) is 4.07. The van der Waals surface area contributed by atoms with E-state index in [0.717, 1.165) is 48.0 Å². The fraction of sp³-hybridized carbons (Fsp3) is 0.300. The number of hydrogen-bond acceptors (Lipinski definition) is 7. The summed E-state index contributed by atoms with van der Waals surface area (Å²) in [7, 11) is -3.52. The van der Waals surface area contributed by atoms with Crippen molar-refractivity contribution in [2.45, 2.75) is 12.8 Å². The van der Waals surface area contributed by atoms with E-state index in [1.807, 2.05) is 29.2 Å². The zero-order chi connectivity index (χ0) is 28.6. The molecule has 2 aliphatic heterocycles. The van der Waals surface area contributed by atoms with E-state index in [2.05, 4.69) is 25.7 Å². The van der Waals surface area contributed by atoms with Crippen LogP contribution in [0.15, 0.2) is 54.9 Å². The maximum absolute atomic E-state index is 13.3. The molecule has 0 spiro atoms. The van der Waals surface area contributed by atoms with Gasteiger partial charge in [0, 0.05) is 42.0 Å². The van der Waals surface area contributed by atoms with E-state index in [1.54, 1.807) is 24.5 Å². The molecule has 0 radical (unpaired) electrons. The van der Waals surface area contributed by atoms with Gasteiger partial charge in [-0.2, -0.15) is 5.26 Å². The first-order chi connectivity index (χ1) is 19.8. The number of H-pyrrole nitrogens is 1. The maximum atomic E-state index is 13.3. The molecule has 2 aromatic carbocycles. The van der Waals surface area contributed by atoms with E-state index in [0.29, 0.717) is 53.5 Å². The summed E-state index contributed by atoms with van der Waals surface area (Å²) in [4.78, 5) is 25.4. The molecule has 11 heteroatoms. The third kappa shape index (κ3) is 5.75. The molecule has 0 saturated carbocycles. The van der Waals surface area contributed by atoms with Crippen LogP contribution in [0.25, 0.3) is 33.3 Å². The molecular formula is C30H30N6O4S. The molecule has 0 aliphatic carbocycles. The average Bonchev–Trinajstić information content (AvgIpc) is 3.60. The van der Waals surface area contributed by atoms with Crippen LogP contribution < -0.4 is 9.46 Å². The average molecular weight is 571 g/mol. The zero-order valence-corrected chi connectivity index (χ0v) is 23.5. The summed E-state index contributed by atoms with van der Waals surface area (Å²) in [5.74, 6) is 0.546. The van der Waals surface area contributed by atoms with Gasteiger partial charge >= 0.3 is 0 Å². The topological polar surface area (TPSA) is 131 Å². The number of ether oxygens (including phenoxy) is 1. The number of likely N-dealkylation sites (tertiary alicyclic amines) is 1. The van der Waals surface area contributed by atoms with E-state index in [-0.39, 0.29) is 5.91 Å². The van der Waals surface area contributed by atoms with Gasteiger partial charge in [0.05, 0.1) is 35.7 Å². The molecule has 1 amide bonds. The van der Waals surface area contributed by atoms with Crippen LogP contribution in [0.3, 0.4) is 0 Å². The summed E-state index contributed by atoms with van der Waals surface area (Å²) in [6.07, 6.45) is 7.06. The monoisotopic (exact) mass is 570 g/mol. The number of rotatable bonds is 7. The van der Waals surface area contributed by atoms with E-state index in [9.17, 15) is 18.5 Å². The second-order valence-electron chi connectivity index (χ2n) is 10.5. The van der Waals surface area contributed by atoms with Crippen molar-refractivity contribution in [1.82, 2.24) is 19.8 Å². The van der Waals surface area contributed by atoms with Crippen LogP contribution in [0.4, 0.5) is 5.69 Å². The standard InChI is InChI=1S/C30H30N6O4S/c1-41(38,39)34-24-13-20(17-31)12-22(14-24)27-19-33-29-26(27)15-23(18-32-29)21-4-5-25-28(16-21)40-11-10-36(30(25)37)9-8-35-6-2-3-7-35/h4-5,12-16,18-19,34H,2-3,6-11H2,1H3,(H,32,33). The van der Waals surface area contributed by atoms with Crippen molar-refractivity contribution in [3.8, 4) is 34.1 Å². The van der Waals surface area contributed by atoms with Gasteiger partial charge in [-0.25, -0.2) is 13.4 Å². The van der Waals surface area contributed by atoms with Crippen molar-refractivity contribution >= 4 is 32.7 Å². The summed E-state index contributed by atoms with van der Waals surface area (Å²) in [6.45, 7) is 4.75. The number of fused-ring (bicyclic) bond motifs is 2. The smallest absolute Gasteiger partial charge is 0.257 e. The van der Waals surface area contributed by atoms with Crippen molar-refractivity contribution < 1.29 is 17.9 Å². The van der Waals surface area contributed by atoms with Gasteiger partial charge in [-0.15, -0.1) is 0 Å². The Morgan fingerprint density at radius 3 is 2.63 bits per heavy atom. The number of carbonyl (C=O) groups excluding carboxylic acids is 1. The van der Waals surface area contributed by atoms with E-state index in [1.165, 1.54) is 18.9 Å². The summed E-state index contributed by atoms with van der Waals surface area (Å²) >= 11 is 0. The number of aromatic amines is 1. The molecule has 4 heterocycles. The number of aromatic nitrogens is 2. The van der Waals surface area contributed by atoms with Crippen molar-refractivity contribution in [1.29, 1.82) is 5.26 Å². The van der Waals surface area contributed by atoms with Gasteiger partial charge < -0.3 is 19.5 Å². The minimum Gasteiger partial charge on any atom is -0.491 e. The number of pyridine rings is 1. The van der Waals surface area contributed by atoms with Crippen LogP contribution in [0.5, 0.6) is 5.75 Å². The minimum absolute atomic E-state index is 0.0133. The highest BCUT2D eigenvalue weighted by Crippen LogP contribution is 2.35. The third-order valence-corrected chi connectivity index (χ3v) is 8.15. The minimum atomic E-state index is -3.52. The second-order valence-corrected chi connectivity index (χ2v) is 12.3. The third-order valence-electron chi connectivity index (χ3n) is 7.54. The maximum Gasteiger partial charge on any atom is 0.257 e. The Labute approximate surface area is 238 Å². The van der Waals surface area contributed by atoms with E-state index in [4.69, 9.17) is 4.74 Å². The molecule has 0 bridgehead atoms. The molecule has 6 rings (SSSR count). The Morgan fingerprint density at radius 1 is 1.02 bits per heavy atom. The molecule has 4 aromatic rings. The second kappa shape index (κ2) is 10.9. The fourth-order valence-electron chi connectivity index (χ4n) is 5.54. The lowest BCUT2D eigenvalue weighted by Gasteiger charge is -2.23. The van der Waals surface area contributed by atoms with Crippen LogP contribution in [-0.2, 0) is 10.0 Å². The number of amides is 1. The molecule has 1 fully saturated rings. The van der Waals surface area contributed by atoms with Gasteiger partial charge in [-0.1, -0.05) is 6.07 Å². The lowest BCUT2D eigenvalue weighted by molar-refractivity contribution is 0.0740. The first-order valence-corrected chi connectivity index (χ1v) is 15.5. The highest BCUT2D eigenvalue weighted by atomic mass is 32.2. The number of sulfonamides is 1. The number of carbonyl (C=O) groups is 1. The highest BCUT2D eigenvalue weighted by Gasteiger charge is 2.25. The molecule has 1 saturated heterocycles. The number of anilines is 1. The Hall–Kier alpha value is -4.40. The summed E-state index contributed by atoms with van der Waals surface area (Å²) < 4.78 is 32.1. The number of nitriles is 1. The molecule has 2 N–H and O–H groups in total. The Balaban J connectivity index is 1.31. The Morgan fingerprint density at radius 2 is 1.85 bits per heavy atom. The summed E-state index contributed by atoms with van der Waals surface area (Å²) in [5.41, 5.74) is 4.98. The molecule has 0 atom stereocenters. The first kappa shape index (κ1) is 26.8. The lowest BCUT2D eigenvalue weighted by atomic mass is 9.99. The van der Waals surface area contributed by atoms with Crippen LogP contribution in [-0.4, -0.2) is 79.7 Å². The van der Waals surface area contributed by atoms with Gasteiger partial charge in [0.1, 0.15) is 18.0 Å². The van der Waals surface area contributed by atoms with E-state index < -0.39 is 10.0 Å². The molecule has 2 aromatic heterocycles. The molecule has 0 unspecified atom stereocenters. The van der Waals surface area contributed by atoms with Gasteiger partial charge in [0.2, 0.25) is 10.0 Å². The van der Waals surface area contributed by atoms with Crippen LogP contribution in [0, 0.1) is 11.3 Å². The summed E-state index contributed by atoms with van der Waals surface area (Å²) in [6, 6.07) is 14.6. The van der Waals surface area contributed by atoms with Crippen molar-refractivity contribution in [3.05, 3.63) is 66.0 Å². The number of nitrogens with zero attached hydrogens (tertiary/aromatic N) is 4. The zero-order valence-electron chi connectivity index (χ0n) is 22.7. The lowest BCUT2D eigenvalue weighted by Crippen LogP contribution is -2.38. The Kier molecular flexibility index (Phi) is 7.11. The predicted molar refractivity (Wildman–Crippen MR) is 157 cm³/mol. The quantitative estimate of drug-likeness (QED) is 0.342.